The van der Waals surface area contributed by atoms with Gasteiger partial charge in [-0.25, -0.2) is 0 Å². The molecule has 0 amide bonds. The molecule has 1 aromatic rings. The van der Waals surface area contributed by atoms with Crippen LogP contribution in [0.4, 0.5) is 0 Å². The van der Waals surface area contributed by atoms with E-state index >= 15 is 0 Å². The Balaban J connectivity index is 3.45. The number of aliphatic carboxylic acids is 1. The highest BCUT2D eigenvalue weighted by molar-refractivity contribution is 5.75. The zero-order chi connectivity index (χ0) is 16.9. The SMILES string of the molecule is C=C/C(=C\N=C)c1cc(C(N)CC(=O)O)cc(C(C)(C)C)c1. The number of allylic oxidation sites excluding steroid dienone is 2. The molecular weight excluding hydrogens is 276 g/mol. The van der Waals surface area contributed by atoms with Crippen molar-refractivity contribution in [2.24, 2.45) is 10.7 Å². The molecule has 0 bridgehead atoms. The van der Waals surface area contributed by atoms with Crippen LogP contribution in [0.15, 0.2) is 42.0 Å². The number of carbonyl (C=O) groups is 1. The summed E-state index contributed by atoms with van der Waals surface area (Å²) < 4.78 is 0. The first-order valence-corrected chi connectivity index (χ1v) is 7.10. The van der Waals surface area contributed by atoms with E-state index in [1.165, 1.54) is 0 Å². The van der Waals surface area contributed by atoms with Crippen LogP contribution in [0.2, 0.25) is 0 Å². The molecule has 0 aliphatic rings. The molecule has 0 aliphatic heterocycles. The molecule has 0 fully saturated rings. The summed E-state index contributed by atoms with van der Waals surface area (Å²) in [6.07, 6.45) is 3.21. The van der Waals surface area contributed by atoms with Crippen LogP contribution < -0.4 is 5.73 Å². The first-order valence-electron chi connectivity index (χ1n) is 7.10. The van der Waals surface area contributed by atoms with Gasteiger partial charge in [0, 0.05) is 12.2 Å². The maximum Gasteiger partial charge on any atom is 0.305 e. The van der Waals surface area contributed by atoms with Crippen molar-refractivity contribution >= 4 is 18.3 Å². The molecule has 0 saturated heterocycles. The van der Waals surface area contributed by atoms with Gasteiger partial charge in [0.05, 0.1) is 6.42 Å². The molecule has 1 aromatic carbocycles. The van der Waals surface area contributed by atoms with Crippen LogP contribution in [0.1, 0.15) is 49.9 Å². The van der Waals surface area contributed by atoms with Gasteiger partial charge >= 0.3 is 5.97 Å². The second-order valence-corrected chi connectivity index (χ2v) is 6.27. The first kappa shape index (κ1) is 17.9. The highest BCUT2D eigenvalue weighted by Crippen LogP contribution is 2.30. The molecule has 4 nitrogen and oxygen atoms in total. The third-order valence-electron chi connectivity index (χ3n) is 3.43. The second kappa shape index (κ2) is 7.18. The normalized spacial score (nSPS) is 13.5. The van der Waals surface area contributed by atoms with Crippen molar-refractivity contribution in [3.8, 4) is 0 Å². The Bertz CT molecular complexity index is 610. The van der Waals surface area contributed by atoms with Crippen molar-refractivity contribution in [1.82, 2.24) is 0 Å². The first-order chi connectivity index (χ1) is 10.2. The maximum atomic E-state index is 10.9. The van der Waals surface area contributed by atoms with Gasteiger partial charge in [-0.15, -0.1) is 0 Å². The van der Waals surface area contributed by atoms with Crippen molar-refractivity contribution in [3.05, 3.63) is 53.7 Å². The molecule has 118 valence electrons. The zero-order valence-electron chi connectivity index (χ0n) is 13.5. The van der Waals surface area contributed by atoms with Crippen molar-refractivity contribution in [3.63, 3.8) is 0 Å². The zero-order valence-corrected chi connectivity index (χ0v) is 13.5. The van der Waals surface area contributed by atoms with Gasteiger partial charge in [0.2, 0.25) is 0 Å². The van der Waals surface area contributed by atoms with Gasteiger partial charge in [-0.3, -0.25) is 9.79 Å². The average molecular weight is 300 g/mol. The minimum Gasteiger partial charge on any atom is -0.481 e. The van der Waals surface area contributed by atoms with E-state index in [2.05, 4.69) is 45.1 Å². The van der Waals surface area contributed by atoms with Gasteiger partial charge in [0.25, 0.3) is 0 Å². The van der Waals surface area contributed by atoms with E-state index < -0.39 is 12.0 Å². The number of nitrogens with zero attached hydrogens (tertiary/aromatic N) is 1. The molecule has 0 aliphatic carbocycles. The predicted molar refractivity (Wildman–Crippen MR) is 92.0 cm³/mol. The molecule has 22 heavy (non-hydrogen) atoms. The number of hydrogen-bond acceptors (Lipinski definition) is 3. The van der Waals surface area contributed by atoms with Gasteiger partial charge < -0.3 is 10.8 Å². The van der Waals surface area contributed by atoms with Gasteiger partial charge in [0.1, 0.15) is 0 Å². The van der Waals surface area contributed by atoms with Gasteiger partial charge in [-0.2, -0.15) is 0 Å². The van der Waals surface area contributed by atoms with Crippen molar-refractivity contribution < 1.29 is 9.90 Å². The van der Waals surface area contributed by atoms with Gasteiger partial charge in [0.15, 0.2) is 0 Å². The van der Waals surface area contributed by atoms with Gasteiger partial charge in [-0.1, -0.05) is 45.6 Å². The molecule has 0 radical (unpaired) electrons. The van der Waals surface area contributed by atoms with E-state index in [1.807, 2.05) is 12.1 Å². The fourth-order valence-corrected chi connectivity index (χ4v) is 2.11. The lowest BCUT2D eigenvalue weighted by Crippen LogP contribution is -2.18. The molecule has 0 spiro atoms. The molecule has 1 rings (SSSR count). The third-order valence-corrected chi connectivity index (χ3v) is 3.43. The molecule has 1 atom stereocenters. The largest absolute Gasteiger partial charge is 0.481 e. The van der Waals surface area contributed by atoms with Crippen molar-refractivity contribution in [2.75, 3.05) is 0 Å². The minimum atomic E-state index is -0.914. The van der Waals surface area contributed by atoms with E-state index in [1.54, 1.807) is 12.3 Å². The lowest BCUT2D eigenvalue weighted by atomic mass is 9.83. The summed E-state index contributed by atoms with van der Waals surface area (Å²) in [5.41, 5.74) is 9.56. The Hall–Kier alpha value is -2.20. The summed E-state index contributed by atoms with van der Waals surface area (Å²) in [5, 5.41) is 8.95. The predicted octanol–water partition coefficient (Wildman–Crippen LogP) is 3.69. The summed E-state index contributed by atoms with van der Waals surface area (Å²) >= 11 is 0. The average Bonchev–Trinajstić information content (AvgIpc) is 2.42. The number of carboxylic acids is 1. The molecule has 0 heterocycles. The lowest BCUT2D eigenvalue weighted by molar-refractivity contribution is -0.137. The van der Waals surface area contributed by atoms with Crippen LogP contribution in [0.3, 0.4) is 0 Å². The summed E-state index contributed by atoms with van der Waals surface area (Å²) in [7, 11) is 0. The van der Waals surface area contributed by atoms with Crippen molar-refractivity contribution in [1.29, 1.82) is 0 Å². The van der Waals surface area contributed by atoms with Crippen LogP contribution in [-0.2, 0) is 10.2 Å². The molecule has 4 heteroatoms. The Morgan fingerprint density at radius 3 is 2.50 bits per heavy atom. The van der Waals surface area contributed by atoms with Crippen molar-refractivity contribution in [2.45, 2.75) is 38.6 Å². The van der Waals surface area contributed by atoms with Gasteiger partial charge in [-0.05, 0) is 40.5 Å². The maximum absolute atomic E-state index is 10.9. The standard InChI is InChI=1S/C18H24N2O2/c1-6-12(11-20-5)13-7-14(16(19)10-17(21)22)9-15(8-13)18(2,3)4/h6-9,11,16H,1,5,10,19H2,2-4H3,(H,21,22)/b12-11+. The molecule has 0 aromatic heterocycles. The van der Waals surface area contributed by atoms with Crippen LogP contribution in [0.5, 0.6) is 0 Å². The van der Waals surface area contributed by atoms with E-state index in [0.717, 1.165) is 22.3 Å². The molecule has 0 saturated carbocycles. The lowest BCUT2D eigenvalue weighted by Gasteiger charge is -2.23. The van der Waals surface area contributed by atoms with Crippen LogP contribution in [-0.4, -0.2) is 17.8 Å². The molecular formula is C18H24N2O2. The highest BCUT2D eigenvalue weighted by atomic mass is 16.4. The number of aliphatic imine (C=N–C) groups is 1. The van der Waals surface area contributed by atoms with Crippen LogP contribution in [0.25, 0.3) is 5.57 Å². The van der Waals surface area contributed by atoms with E-state index in [-0.39, 0.29) is 11.8 Å². The Morgan fingerprint density at radius 1 is 1.41 bits per heavy atom. The Morgan fingerprint density at radius 2 is 2.05 bits per heavy atom. The summed E-state index contributed by atoms with van der Waals surface area (Å²) in [6.45, 7) is 13.6. The Kier molecular flexibility index (Phi) is 5.83. The number of rotatable bonds is 6. The second-order valence-electron chi connectivity index (χ2n) is 6.27. The fourth-order valence-electron chi connectivity index (χ4n) is 2.11. The third kappa shape index (κ3) is 4.67. The number of benzene rings is 1. The smallest absolute Gasteiger partial charge is 0.305 e. The van der Waals surface area contributed by atoms with E-state index in [9.17, 15) is 4.79 Å². The number of hydrogen-bond donors (Lipinski definition) is 2. The summed E-state index contributed by atoms with van der Waals surface area (Å²) in [5.74, 6) is -0.914. The van der Waals surface area contributed by atoms with Crippen LogP contribution in [0, 0.1) is 0 Å². The molecule has 3 N–H and O–H groups in total. The summed E-state index contributed by atoms with van der Waals surface area (Å²) in [4.78, 5) is 14.7. The van der Waals surface area contributed by atoms with E-state index in [0.29, 0.717) is 0 Å². The summed E-state index contributed by atoms with van der Waals surface area (Å²) in [6, 6.07) is 5.36. The monoisotopic (exact) mass is 300 g/mol. The Labute approximate surface area is 132 Å². The van der Waals surface area contributed by atoms with E-state index in [4.69, 9.17) is 10.8 Å². The van der Waals surface area contributed by atoms with Crippen LogP contribution >= 0.6 is 0 Å². The number of carboxylic acid groups (broad SMARTS) is 1. The highest BCUT2D eigenvalue weighted by Gasteiger charge is 2.19. The quantitative estimate of drug-likeness (QED) is 0.621. The topological polar surface area (TPSA) is 75.7 Å². The number of nitrogens with two attached hydrogens (primary N) is 1. The fraction of sp³-hybridized carbons (Fsp3) is 0.333. The minimum absolute atomic E-state index is 0.0818. The molecule has 1 unspecified atom stereocenters.